The fourth-order valence-corrected chi connectivity index (χ4v) is 4.88. The zero-order chi connectivity index (χ0) is 26.8. The van der Waals surface area contributed by atoms with Crippen LogP contribution in [0.25, 0.3) is 33.5 Å². The van der Waals surface area contributed by atoms with Crippen LogP contribution in [0.4, 0.5) is 0 Å². The summed E-state index contributed by atoms with van der Waals surface area (Å²) in [6.07, 6.45) is 4.92. The van der Waals surface area contributed by atoms with Crippen LogP contribution < -0.4 is 4.74 Å². The molecule has 1 saturated heterocycles. The van der Waals surface area contributed by atoms with Gasteiger partial charge in [0, 0.05) is 50.0 Å². The SMILES string of the molecule is COc1ncccc1-c1ccc(O)c(-c2nc3cc(C(=O)N4CCN(CCn5cncn5)CC4)ccc3[nH]2)c1. The number of aromatic nitrogens is 6. The zero-order valence-corrected chi connectivity index (χ0v) is 21.5. The van der Waals surface area contributed by atoms with Gasteiger partial charge in [0.2, 0.25) is 5.88 Å². The molecule has 0 unspecified atom stereocenters. The predicted octanol–water partition coefficient (Wildman–Crippen LogP) is 3.06. The van der Waals surface area contributed by atoms with Crippen molar-refractivity contribution in [3.05, 3.63) is 72.9 Å². The van der Waals surface area contributed by atoms with Gasteiger partial charge in [0.15, 0.2) is 0 Å². The van der Waals surface area contributed by atoms with Crippen molar-refractivity contribution in [3.8, 4) is 34.1 Å². The number of aromatic amines is 1. The number of aromatic hydroxyl groups is 1. The topological polar surface area (TPSA) is 125 Å². The number of hydrogen-bond donors (Lipinski definition) is 2. The first-order valence-corrected chi connectivity index (χ1v) is 12.8. The summed E-state index contributed by atoms with van der Waals surface area (Å²) in [5.41, 5.74) is 4.22. The first-order valence-electron chi connectivity index (χ1n) is 12.8. The van der Waals surface area contributed by atoms with Crippen LogP contribution in [-0.2, 0) is 6.54 Å². The Hall–Kier alpha value is -4.77. The second kappa shape index (κ2) is 10.5. The molecule has 0 saturated carbocycles. The molecule has 0 radical (unpaired) electrons. The third-order valence-corrected chi connectivity index (χ3v) is 7.03. The van der Waals surface area contributed by atoms with Crippen LogP contribution >= 0.6 is 0 Å². The monoisotopic (exact) mass is 524 g/mol. The minimum Gasteiger partial charge on any atom is -0.507 e. The van der Waals surface area contributed by atoms with Crippen LogP contribution in [-0.4, -0.2) is 90.4 Å². The minimum absolute atomic E-state index is 0.00843. The van der Waals surface area contributed by atoms with Gasteiger partial charge in [-0.25, -0.2) is 15.0 Å². The molecule has 5 aromatic rings. The standard InChI is InChI=1S/C28H28N8O3/c1-39-27-21(3-2-8-30-27)19-5-7-25(37)22(15-19)26-32-23-6-4-20(16-24(23)33-26)28(38)35-12-9-34(10-13-35)11-14-36-18-29-17-31-36/h2-8,15-18,37H,9-14H2,1H3,(H,32,33). The maximum absolute atomic E-state index is 13.3. The summed E-state index contributed by atoms with van der Waals surface area (Å²) in [7, 11) is 1.58. The van der Waals surface area contributed by atoms with Crippen molar-refractivity contribution in [1.29, 1.82) is 0 Å². The number of amides is 1. The third-order valence-electron chi connectivity index (χ3n) is 7.03. The van der Waals surface area contributed by atoms with E-state index in [1.165, 1.54) is 6.33 Å². The number of piperazine rings is 1. The summed E-state index contributed by atoms with van der Waals surface area (Å²) in [6.45, 7) is 4.60. The number of carbonyl (C=O) groups excluding carboxylic acids is 1. The lowest BCUT2D eigenvalue weighted by Crippen LogP contribution is -2.49. The lowest BCUT2D eigenvalue weighted by molar-refractivity contribution is 0.0632. The van der Waals surface area contributed by atoms with E-state index in [-0.39, 0.29) is 11.7 Å². The molecule has 1 amide bonds. The normalized spacial score (nSPS) is 14.1. The number of phenolic OH excluding ortho intramolecular Hbond substituents is 1. The summed E-state index contributed by atoms with van der Waals surface area (Å²) >= 11 is 0. The lowest BCUT2D eigenvalue weighted by atomic mass is 10.0. The highest BCUT2D eigenvalue weighted by atomic mass is 16.5. The maximum atomic E-state index is 13.3. The molecule has 0 spiro atoms. The number of methoxy groups -OCH3 is 1. The molecule has 2 aromatic carbocycles. The van der Waals surface area contributed by atoms with Gasteiger partial charge >= 0.3 is 0 Å². The van der Waals surface area contributed by atoms with Crippen molar-refractivity contribution in [2.45, 2.75) is 6.54 Å². The smallest absolute Gasteiger partial charge is 0.254 e. The van der Waals surface area contributed by atoms with Gasteiger partial charge in [0.25, 0.3) is 5.91 Å². The molecular weight excluding hydrogens is 496 g/mol. The van der Waals surface area contributed by atoms with Crippen LogP contribution in [0.5, 0.6) is 11.6 Å². The van der Waals surface area contributed by atoms with E-state index < -0.39 is 0 Å². The maximum Gasteiger partial charge on any atom is 0.254 e. The molecule has 1 aliphatic heterocycles. The minimum atomic E-state index is -0.00843. The van der Waals surface area contributed by atoms with E-state index >= 15 is 0 Å². The van der Waals surface area contributed by atoms with Gasteiger partial charge in [-0.05, 0) is 48.0 Å². The molecule has 39 heavy (non-hydrogen) atoms. The predicted molar refractivity (Wildman–Crippen MR) is 145 cm³/mol. The van der Waals surface area contributed by atoms with Gasteiger partial charge in [0.05, 0.1) is 30.3 Å². The number of nitrogens with one attached hydrogen (secondary N) is 1. The van der Waals surface area contributed by atoms with Gasteiger partial charge < -0.3 is 19.7 Å². The molecule has 198 valence electrons. The number of nitrogens with zero attached hydrogens (tertiary/aromatic N) is 7. The Bertz CT molecular complexity index is 1610. The highest BCUT2D eigenvalue weighted by molar-refractivity contribution is 5.98. The average molecular weight is 525 g/mol. The Morgan fingerprint density at radius 2 is 1.92 bits per heavy atom. The summed E-state index contributed by atoms with van der Waals surface area (Å²) in [5, 5.41) is 14.8. The molecule has 3 aromatic heterocycles. The number of carbonyl (C=O) groups is 1. The molecule has 1 fully saturated rings. The Morgan fingerprint density at radius 3 is 2.72 bits per heavy atom. The number of fused-ring (bicyclic) bond motifs is 1. The summed E-state index contributed by atoms with van der Waals surface area (Å²) in [4.78, 5) is 33.7. The Balaban J connectivity index is 1.18. The van der Waals surface area contributed by atoms with Gasteiger partial charge in [0.1, 0.15) is 24.2 Å². The quantitative estimate of drug-likeness (QED) is 0.333. The molecule has 6 rings (SSSR count). The Kier molecular flexibility index (Phi) is 6.64. The second-order valence-electron chi connectivity index (χ2n) is 9.40. The molecule has 4 heterocycles. The fourth-order valence-electron chi connectivity index (χ4n) is 4.88. The van der Waals surface area contributed by atoms with Crippen LogP contribution in [0.2, 0.25) is 0 Å². The Morgan fingerprint density at radius 1 is 1.05 bits per heavy atom. The third kappa shape index (κ3) is 5.04. The van der Waals surface area contributed by atoms with E-state index in [1.807, 2.05) is 46.0 Å². The van der Waals surface area contributed by atoms with Crippen molar-refractivity contribution in [1.82, 2.24) is 39.5 Å². The van der Waals surface area contributed by atoms with Crippen molar-refractivity contribution >= 4 is 16.9 Å². The number of ether oxygens (including phenoxy) is 1. The van der Waals surface area contributed by atoms with Crippen molar-refractivity contribution in [2.24, 2.45) is 0 Å². The van der Waals surface area contributed by atoms with E-state index in [2.05, 4.69) is 25.0 Å². The highest BCUT2D eigenvalue weighted by Crippen LogP contribution is 2.35. The molecule has 2 N–H and O–H groups in total. The van der Waals surface area contributed by atoms with E-state index in [1.54, 1.807) is 31.8 Å². The molecule has 11 nitrogen and oxygen atoms in total. The van der Waals surface area contributed by atoms with Crippen molar-refractivity contribution < 1.29 is 14.6 Å². The van der Waals surface area contributed by atoms with Crippen molar-refractivity contribution in [2.75, 3.05) is 39.8 Å². The van der Waals surface area contributed by atoms with Gasteiger partial charge in [-0.15, -0.1) is 0 Å². The number of benzene rings is 2. The molecule has 0 atom stereocenters. The molecule has 0 aliphatic carbocycles. The summed E-state index contributed by atoms with van der Waals surface area (Å²) < 4.78 is 7.22. The first kappa shape index (κ1) is 24.6. The van der Waals surface area contributed by atoms with E-state index in [0.29, 0.717) is 41.4 Å². The van der Waals surface area contributed by atoms with Crippen LogP contribution in [0.3, 0.4) is 0 Å². The van der Waals surface area contributed by atoms with E-state index in [0.717, 1.165) is 42.8 Å². The Labute approximate surface area is 224 Å². The largest absolute Gasteiger partial charge is 0.507 e. The lowest BCUT2D eigenvalue weighted by Gasteiger charge is -2.34. The van der Waals surface area contributed by atoms with Crippen LogP contribution in [0.15, 0.2) is 67.4 Å². The molecule has 11 heteroatoms. The number of hydrogen-bond acceptors (Lipinski definition) is 8. The molecule has 1 aliphatic rings. The number of phenols is 1. The highest BCUT2D eigenvalue weighted by Gasteiger charge is 2.23. The average Bonchev–Trinajstić information content (AvgIpc) is 3.66. The number of pyridine rings is 1. The zero-order valence-electron chi connectivity index (χ0n) is 21.5. The summed E-state index contributed by atoms with van der Waals surface area (Å²) in [5.74, 6) is 1.10. The molecular formula is C28H28N8O3. The summed E-state index contributed by atoms with van der Waals surface area (Å²) in [6, 6.07) is 14.5. The van der Waals surface area contributed by atoms with Gasteiger partial charge in [-0.2, -0.15) is 5.10 Å². The fraction of sp³-hybridized carbons (Fsp3) is 0.250. The number of imidazole rings is 1. The first-order chi connectivity index (χ1) is 19.1. The molecule has 0 bridgehead atoms. The van der Waals surface area contributed by atoms with Crippen molar-refractivity contribution in [3.63, 3.8) is 0 Å². The van der Waals surface area contributed by atoms with Crippen LogP contribution in [0.1, 0.15) is 10.4 Å². The second-order valence-corrected chi connectivity index (χ2v) is 9.40. The van der Waals surface area contributed by atoms with Crippen LogP contribution in [0, 0.1) is 0 Å². The van der Waals surface area contributed by atoms with Gasteiger partial charge in [-0.3, -0.25) is 14.4 Å². The number of H-pyrrole nitrogens is 1. The van der Waals surface area contributed by atoms with Gasteiger partial charge in [-0.1, -0.05) is 6.07 Å². The van der Waals surface area contributed by atoms with E-state index in [9.17, 15) is 9.90 Å². The van der Waals surface area contributed by atoms with E-state index in [4.69, 9.17) is 9.72 Å². The number of rotatable bonds is 7.